The molecule has 6 nitrogen and oxygen atoms in total. The highest BCUT2D eigenvalue weighted by Crippen LogP contribution is 2.23. The number of aryl methyl sites for hydroxylation is 1. The molecular formula is C21H22N2O4. The Morgan fingerprint density at radius 1 is 0.963 bits per heavy atom. The van der Waals surface area contributed by atoms with Crippen LogP contribution < -0.4 is 5.32 Å². The molecule has 1 aromatic heterocycles. The van der Waals surface area contributed by atoms with Crippen LogP contribution in [0.3, 0.4) is 0 Å². The van der Waals surface area contributed by atoms with Gasteiger partial charge in [-0.05, 0) is 54.3 Å². The van der Waals surface area contributed by atoms with E-state index in [1.54, 1.807) is 42.5 Å². The van der Waals surface area contributed by atoms with Crippen molar-refractivity contribution in [2.24, 2.45) is 0 Å². The van der Waals surface area contributed by atoms with Crippen LogP contribution >= 0.6 is 0 Å². The van der Waals surface area contributed by atoms with E-state index in [2.05, 4.69) is 10.3 Å². The summed E-state index contributed by atoms with van der Waals surface area (Å²) in [5.74, 6) is -0.00698. The third-order valence-electron chi connectivity index (χ3n) is 4.45. The van der Waals surface area contributed by atoms with Crippen LogP contribution in [-0.2, 0) is 22.4 Å². The first kappa shape index (κ1) is 18.5. The van der Waals surface area contributed by atoms with Crippen LogP contribution in [0.4, 0.5) is 0 Å². The molecule has 1 heterocycles. The van der Waals surface area contributed by atoms with E-state index in [-0.39, 0.29) is 29.6 Å². The Bertz CT molecular complexity index is 944. The average molecular weight is 366 g/mol. The molecule has 0 aliphatic rings. The normalized spacial score (nSPS) is 10.8. The van der Waals surface area contributed by atoms with E-state index < -0.39 is 0 Å². The number of aromatic amines is 1. The quantitative estimate of drug-likeness (QED) is 0.460. The zero-order valence-electron chi connectivity index (χ0n) is 14.9. The largest absolute Gasteiger partial charge is 0.508 e. The van der Waals surface area contributed by atoms with Crippen molar-refractivity contribution >= 4 is 22.6 Å². The lowest BCUT2D eigenvalue weighted by Gasteiger charge is -2.05. The van der Waals surface area contributed by atoms with Crippen molar-refractivity contribution in [2.45, 2.75) is 25.7 Å². The predicted molar refractivity (Wildman–Crippen MR) is 103 cm³/mol. The second-order valence-corrected chi connectivity index (χ2v) is 6.53. The number of aromatic nitrogens is 1. The van der Waals surface area contributed by atoms with E-state index in [4.69, 9.17) is 0 Å². The molecule has 0 atom stereocenters. The van der Waals surface area contributed by atoms with Gasteiger partial charge in [-0.2, -0.15) is 0 Å². The molecule has 0 aliphatic carbocycles. The minimum absolute atomic E-state index is 0.113. The zero-order valence-corrected chi connectivity index (χ0v) is 14.9. The molecule has 0 bridgehead atoms. The number of carbonyl (C=O) groups excluding carboxylic acids is 2. The molecule has 27 heavy (non-hydrogen) atoms. The molecule has 0 aliphatic heterocycles. The summed E-state index contributed by atoms with van der Waals surface area (Å²) in [7, 11) is 0. The number of rotatable bonds is 8. The Labute approximate surface area is 156 Å². The van der Waals surface area contributed by atoms with Crippen LogP contribution in [0, 0.1) is 0 Å². The van der Waals surface area contributed by atoms with Gasteiger partial charge in [-0.25, -0.2) is 0 Å². The fourth-order valence-electron chi connectivity index (χ4n) is 2.99. The van der Waals surface area contributed by atoms with E-state index in [0.717, 1.165) is 22.0 Å². The second-order valence-electron chi connectivity index (χ2n) is 6.53. The Morgan fingerprint density at radius 2 is 1.70 bits per heavy atom. The third-order valence-corrected chi connectivity index (χ3v) is 4.45. The van der Waals surface area contributed by atoms with Crippen LogP contribution in [0.15, 0.2) is 48.7 Å². The number of benzene rings is 2. The van der Waals surface area contributed by atoms with Gasteiger partial charge >= 0.3 is 0 Å². The van der Waals surface area contributed by atoms with Gasteiger partial charge in [0.15, 0.2) is 0 Å². The number of amides is 1. The molecule has 0 saturated carbocycles. The van der Waals surface area contributed by atoms with E-state index in [9.17, 15) is 19.8 Å². The van der Waals surface area contributed by atoms with Gasteiger partial charge in [-0.15, -0.1) is 0 Å². The average Bonchev–Trinajstić information content (AvgIpc) is 3.03. The number of carbonyl (C=O) groups is 2. The first-order chi connectivity index (χ1) is 13.0. The van der Waals surface area contributed by atoms with Crippen LogP contribution in [0.5, 0.6) is 11.5 Å². The molecule has 0 saturated heterocycles. The number of hydrogen-bond donors (Lipinski definition) is 4. The highest BCUT2D eigenvalue weighted by Gasteiger charge is 2.10. The molecule has 1 amide bonds. The number of H-pyrrole nitrogens is 1. The summed E-state index contributed by atoms with van der Waals surface area (Å²) in [6, 6.07) is 11.8. The first-order valence-corrected chi connectivity index (χ1v) is 8.86. The summed E-state index contributed by atoms with van der Waals surface area (Å²) in [6.07, 6.45) is 3.17. The summed E-state index contributed by atoms with van der Waals surface area (Å²) >= 11 is 0. The van der Waals surface area contributed by atoms with Gasteiger partial charge in [0, 0.05) is 30.1 Å². The summed E-state index contributed by atoms with van der Waals surface area (Å²) in [6.45, 7) is 0.423. The summed E-state index contributed by atoms with van der Waals surface area (Å²) in [5.41, 5.74) is 2.88. The van der Waals surface area contributed by atoms with Crippen LogP contribution in [0.1, 0.15) is 24.0 Å². The number of ketones is 1. The second kappa shape index (κ2) is 8.40. The standard InChI is InChI=1S/C21H22N2O4/c24-16-4-1-14(2-5-16)3-6-18(26)12-21(27)22-10-9-15-13-23-20-8-7-17(25)11-19(15)20/h1-2,4-5,7-8,11,13,23-25H,3,6,9-10,12H2,(H,22,27). The maximum Gasteiger partial charge on any atom is 0.227 e. The topological polar surface area (TPSA) is 102 Å². The zero-order chi connectivity index (χ0) is 19.2. The number of fused-ring (bicyclic) bond motifs is 1. The van der Waals surface area contributed by atoms with Gasteiger partial charge in [-0.1, -0.05) is 12.1 Å². The van der Waals surface area contributed by atoms with Gasteiger partial charge in [0.1, 0.15) is 17.3 Å². The molecule has 140 valence electrons. The highest BCUT2D eigenvalue weighted by atomic mass is 16.3. The first-order valence-electron chi connectivity index (χ1n) is 8.86. The van der Waals surface area contributed by atoms with E-state index in [0.29, 0.717) is 25.8 Å². The molecule has 0 radical (unpaired) electrons. The number of nitrogens with one attached hydrogen (secondary N) is 2. The van der Waals surface area contributed by atoms with Crippen molar-refractivity contribution < 1.29 is 19.8 Å². The number of Topliss-reactive ketones (excluding diaryl/α,β-unsaturated/α-hetero) is 1. The molecule has 0 spiro atoms. The third kappa shape index (κ3) is 5.10. The fraction of sp³-hybridized carbons (Fsp3) is 0.238. The van der Waals surface area contributed by atoms with E-state index in [1.807, 2.05) is 6.20 Å². The Kier molecular flexibility index (Phi) is 5.76. The molecule has 6 heteroatoms. The Balaban J connectivity index is 1.41. The maximum absolute atomic E-state index is 12.0. The highest BCUT2D eigenvalue weighted by molar-refractivity contribution is 5.98. The minimum Gasteiger partial charge on any atom is -0.508 e. The maximum atomic E-state index is 12.0. The van der Waals surface area contributed by atoms with Crippen molar-refractivity contribution in [1.29, 1.82) is 0 Å². The van der Waals surface area contributed by atoms with Crippen LogP contribution in [0.2, 0.25) is 0 Å². The van der Waals surface area contributed by atoms with E-state index in [1.165, 1.54) is 0 Å². The summed E-state index contributed by atoms with van der Waals surface area (Å²) in [4.78, 5) is 27.0. The predicted octanol–water partition coefficient (Wildman–Crippen LogP) is 2.83. The van der Waals surface area contributed by atoms with Crippen molar-refractivity contribution in [1.82, 2.24) is 10.3 Å². The molecule has 2 aromatic carbocycles. The van der Waals surface area contributed by atoms with Crippen molar-refractivity contribution in [3.05, 3.63) is 59.8 Å². The number of aromatic hydroxyl groups is 2. The van der Waals surface area contributed by atoms with Crippen molar-refractivity contribution in [2.75, 3.05) is 6.54 Å². The lowest BCUT2D eigenvalue weighted by Crippen LogP contribution is -2.27. The number of hydrogen-bond acceptors (Lipinski definition) is 4. The smallest absolute Gasteiger partial charge is 0.227 e. The van der Waals surface area contributed by atoms with Gasteiger partial charge < -0.3 is 20.5 Å². The number of phenolic OH excluding ortho intramolecular Hbond substituents is 2. The van der Waals surface area contributed by atoms with Crippen LogP contribution in [0.25, 0.3) is 10.9 Å². The summed E-state index contributed by atoms with van der Waals surface area (Å²) < 4.78 is 0. The Morgan fingerprint density at radius 3 is 2.48 bits per heavy atom. The van der Waals surface area contributed by atoms with Gasteiger partial charge in [0.25, 0.3) is 0 Å². The van der Waals surface area contributed by atoms with Crippen molar-refractivity contribution in [3.63, 3.8) is 0 Å². The lowest BCUT2D eigenvalue weighted by molar-refractivity contribution is -0.128. The molecule has 3 rings (SSSR count). The van der Waals surface area contributed by atoms with Crippen molar-refractivity contribution in [3.8, 4) is 11.5 Å². The van der Waals surface area contributed by atoms with Gasteiger partial charge in [0.05, 0.1) is 6.42 Å². The number of phenols is 2. The lowest BCUT2D eigenvalue weighted by atomic mass is 10.1. The molecule has 3 aromatic rings. The van der Waals surface area contributed by atoms with E-state index >= 15 is 0 Å². The van der Waals surface area contributed by atoms with Crippen LogP contribution in [-0.4, -0.2) is 33.4 Å². The SMILES string of the molecule is O=C(CCc1ccc(O)cc1)CC(=O)NCCc1c[nH]c2ccc(O)cc12. The molecule has 0 unspecified atom stereocenters. The monoisotopic (exact) mass is 366 g/mol. The van der Waals surface area contributed by atoms with Gasteiger partial charge in [0.2, 0.25) is 5.91 Å². The molecule has 0 fully saturated rings. The molecular weight excluding hydrogens is 344 g/mol. The van der Waals surface area contributed by atoms with Gasteiger partial charge in [-0.3, -0.25) is 9.59 Å². The summed E-state index contributed by atoms with van der Waals surface area (Å²) in [5, 5.41) is 22.5. The Hall–Kier alpha value is -3.28. The fourth-order valence-corrected chi connectivity index (χ4v) is 2.99. The minimum atomic E-state index is -0.284. The molecule has 4 N–H and O–H groups in total.